The molecule has 1 aliphatic rings. The Balaban J connectivity index is 1.65. The smallest absolute Gasteiger partial charge is 0.247 e. The summed E-state index contributed by atoms with van der Waals surface area (Å²) in [4.78, 5) is 2.25. The first-order valence-electron chi connectivity index (χ1n) is 7.21. The molecule has 0 amide bonds. The largest absolute Gasteiger partial charge is 0.419 e. The number of nitrogens with zero attached hydrogens (tertiary/aromatic N) is 3. The fraction of sp³-hybridized carbons (Fsp3) is 0.467. The fourth-order valence-corrected chi connectivity index (χ4v) is 2.62. The maximum Gasteiger partial charge on any atom is 0.247 e. The van der Waals surface area contributed by atoms with Crippen molar-refractivity contribution < 1.29 is 8.81 Å². The van der Waals surface area contributed by atoms with E-state index in [1.54, 1.807) is 12.1 Å². The minimum absolute atomic E-state index is 0.274. The SMILES string of the molecule is CN(Cc1nnc(-c2ccc(F)cc2)o1)C1CCNCC1. The van der Waals surface area contributed by atoms with Gasteiger partial charge in [-0.1, -0.05) is 0 Å². The highest BCUT2D eigenvalue weighted by atomic mass is 19.1. The molecule has 3 rings (SSSR count). The van der Waals surface area contributed by atoms with E-state index in [0.717, 1.165) is 31.5 Å². The van der Waals surface area contributed by atoms with Gasteiger partial charge < -0.3 is 9.73 Å². The van der Waals surface area contributed by atoms with Gasteiger partial charge >= 0.3 is 0 Å². The number of halogens is 1. The van der Waals surface area contributed by atoms with Gasteiger partial charge in [0.2, 0.25) is 11.8 Å². The average molecular weight is 290 g/mol. The lowest BCUT2D eigenvalue weighted by molar-refractivity contribution is 0.177. The first-order chi connectivity index (χ1) is 10.2. The topological polar surface area (TPSA) is 54.2 Å². The normalized spacial score (nSPS) is 16.5. The maximum atomic E-state index is 12.9. The number of hydrogen-bond donors (Lipinski definition) is 1. The molecule has 2 aromatic rings. The second-order valence-electron chi connectivity index (χ2n) is 5.40. The summed E-state index contributed by atoms with van der Waals surface area (Å²) in [6.45, 7) is 2.75. The van der Waals surface area contributed by atoms with E-state index in [-0.39, 0.29) is 5.82 Å². The molecule has 0 radical (unpaired) electrons. The van der Waals surface area contributed by atoms with Gasteiger partial charge in [0.15, 0.2) is 0 Å². The van der Waals surface area contributed by atoms with Crippen LogP contribution in [0.2, 0.25) is 0 Å². The van der Waals surface area contributed by atoms with Crippen LogP contribution in [-0.4, -0.2) is 41.3 Å². The van der Waals surface area contributed by atoms with Crippen LogP contribution in [0.4, 0.5) is 4.39 Å². The Bertz CT molecular complexity index is 578. The highest BCUT2D eigenvalue weighted by molar-refractivity contribution is 5.51. The molecule has 6 heteroatoms. The van der Waals surface area contributed by atoms with E-state index < -0.39 is 0 Å². The van der Waals surface area contributed by atoms with E-state index in [2.05, 4.69) is 27.5 Å². The van der Waals surface area contributed by atoms with Crippen LogP contribution in [-0.2, 0) is 6.54 Å². The highest BCUT2D eigenvalue weighted by Gasteiger charge is 2.19. The summed E-state index contributed by atoms with van der Waals surface area (Å²) in [5, 5.41) is 11.5. The van der Waals surface area contributed by atoms with Crippen LogP contribution in [0, 0.1) is 5.82 Å². The summed E-state index contributed by atoms with van der Waals surface area (Å²) >= 11 is 0. The van der Waals surface area contributed by atoms with Crippen molar-refractivity contribution in [3.8, 4) is 11.5 Å². The van der Waals surface area contributed by atoms with E-state index in [1.807, 2.05) is 0 Å². The van der Waals surface area contributed by atoms with Gasteiger partial charge in [-0.3, -0.25) is 4.90 Å². The minimum Gasteiger partial charge on any atom is -0.419 e. The molecule has 0 aliphatic carbocycles. The Hall–Kier alpha value is -1.79. The van der Waals surface area contributed by atoms with Gasteiger partial charge in [-0.05, 0) is 57.2 Å². The first kappa shape index (κ1) is 14.2. The second kappa shape index (κ2) is 6.32. The summed E-state index contributed by atoms with van der Waals surface area (Å²) in [7, 11) is 2.08. The lowest BCUT2D eigenvalue weighted by atomic mass is 10.1. The van der Waals surface area contributed by atoms with Crippen LogP contribution in [0.1, 0.15) is 18.7 Å². The summed E-state index contributed by atoms with van der Waals surface area (Å²) in [6.07, 6.45) is 2.27. The van der Waals surface area contributed by atoms with Crippen molar-refractivity contribution in [2.24, 2.45) is 0 Å². The van der Waals surface area contributed by atoms with Crippen molar-refractivity contribution >= 4 is 0 Å². The number of benzene rings is 1. The van der Waals surface area contributed by atoms with Gasteiger partial charge in [-0.25, -0.2) is 4.39 Å². The van der Waals surface area contributed by atoms with E-state index in [9.17, 15) is 4.39 Å². The van der Waals surface area contributed by atoms with Gasteiger partial charge in [0.05, 0.1) is 6.54 Å². The van der Waals surface area contributed by atoms with Gasteiger partial charge in [-0.2, -0.15) is 0 Å². The molecule has 0 saturated carbocycles. The predicted octanol–water partition coefficient (Wildman–Crippen LogP) is 2.06. The summed E-state index contributed by atoms with van der Waals surface area (Å²) in [5.41, 5.74) is 0.736. The summed E-state index contributed by atoms with van der Waals surface area (Å²) in [6, 6.07) is 6.61. The van der Waals surface area contributed by atoms with Crippen LogP contribution in [0.3, 0.4) is 0 Å². The van der Waals surface area contributed by atoms with Crippen LogP contribution in [0.15, 0.2) is 28.7 Å². The molecule has 112 valence electrons. The zero-order valence-corrected chi connectivity index (χ0v) is 12.1. The average Bonchev–Trinajstić information content (AvgIpc) is 2.97. The molecule has 5 nitrogen and oxygen atoms in total. The first-order valence-corrected chi connectivity index (χ1v) is 7.21. The maximum absolute atomic E-state index is 12.9. The molecule has 0 bridgehead atoms. The van der Waals surface area contributed by atoms with Crippen LogP contribution in [0.5, 0.6) is 0 Å². The van der Waals surface area contributed by atoms with Gasteiger partial charge in [-0.15, -0.1) is 10.2 Å². The van der Waals surface area contributed by atoms with Gasteiger partial charge in [0, 0.05) is 11.6 Å². The van der Waals surface area contributed by atoms with Crippen LogP contribution >= 0.6 is 0 Å². The van der Waals surface area contributed by atoms with Crippen molar-refractivity contribution in [3.63, 3.8) is 0 Å². The van der Waals surface area contributed by atoms with E-state index in [1.165, 1.54) is 12.1 Å². The van der Waals surface area contributed by atoms with E-state index >= 15 is 0 Å². The molecule has 1 aliphatic heterocycles. The monoisotopic (exact) mass is 290 g/mol. The molecule has 0 spiro atoms. The molecular weight excluding hydrogens is 271 g/mol. The Morgan fingerprint density at radius 3 is 2.67 bits per heavy atom. The molecule has 1 saturated heterocycles. The predicted molar refractivity (Wildman–Crippen MR) is 77.1 cm³/mol. The molecule has 21 heavy (non-hydrogen) atoms. The van der Waals surface area contributed by atoms with Crippen LogP contribution < -0.4 is 5.32 Å². The minimum atomic E-state index is -0.274. The Morgan fingerprint density at radius 2 is 1.95 bits per heavy atom. The number of nitrogens with one attached hydrogen (secondary N) is 1. The quantitative estimate of drug-likeness (QED) is 0.934. The molecule has 2 heterocycles. The Morgan fingerprint density at radius 1 is 1.24 bits per heavy atom. The van der Waals surface area contributed by atoms with Crippen molar-refractivity contribution in [2.45, 2.75) is 25.4 Å². The summed E-state index contributed by atoms with van der Waals surface area (Å²) < 4.78 is 18.6. The number of aromatic nitrogens is 2. The number of rotatable bonds is 4. The fourth-order valence-electron chi connectivity index (χ4n) is 2.62. The molecule has 0 atom stereocenters. The van der Waals surface area contributed by atoms with Crippen molar-refractivity contribution in [3.05, 3.63) is 36.0 Å². The molecule has 1 aromatic carbocycles. The molecular formula is C15H19FN4O. The van der Waals surface area contributed by atoms with E-state index in [4.69, 9.17) is 4.42 Å². The molecule has 1 fully saturated rings. The second-order valence-corrected chi connectivity index (χ2v) is 5.40. The van der Waals surface area contributed by atoms with E-state index in [0.29, 0.717) is 24.4 Å². The van der Waals surface area contributed by atoms with Crippen molar-refractivity contribution in [2.75, 3.05) is 20.1 Å². The number of hydrogen-bond acceptors (Lipinski definition) is 5. The Labute approximate surface area is 123 Å². The zero-order valence-electron chi connectivity index (χ0n) is 12.1. The third-order valence-electron chi connectivity index (χ3n) is 3.87. The number of piperidine rings is 1. The lowest BCUT2D eigenvalue weighted by Gasteiger charge is -2.30. The third-order valence-corrected chi connectivity index (χ3v) is 3.87. The summed E-state index contributed by atoms with van der Waals surface area (Å²) in [5.74, 6) is 0.753. The molecule has 1 aromatic heterocycles. The third kappa shape index (κ3) is 3.46. The highest BCUT2D eigenvalue weighted by Crippen LogP contribution is 2.19. The van der Waals surface area contributed by atoms with Gasteiger partial charge in [0.1, 0.15) is 5.82 Å². The lowest BCUT2D eigenvalue weighted by Crippen LogP contribution is -2.40. The molecule has 0 unspecified atom stereocenters. The Kier molecular flexibility index (Phi) is 4.26. The molecule has 1 N–H and O–H groups in total. The van der Waals surface area contributed by atoms with Gasteiger partial charge in [0.25, 0.3) is 0 Å². The standard InChI is InChI=1S/C15H19FN4O/c1-20(13-6-8-17-9-7-13)10-14-18-19-15(21-14)11-2-4-12(16)5-3-11/h2-5,13,17H,6-10H2,1H3. The van der Waals surface area contributed by atoms with Crippen molar-refractivity contribution in [1.29, 1.82) is 0 Å². The van der Waals surface area contributed by atoms with Crippen molar-refractivity contribution in [1.82, 2.24) is 20.4 Å². The van der Waals surface area contributed by atoms with Crippen LogP contribution in [0.25, 0.3) is 11.5 Å². The zero-order chi connectivity index (χ0) is 14.7.